The molecule has 29 heavy (non-hydrogen) atoms. The third-order valence-electron chi connectivity index (χ3n) is 4.34. The minimum absolute atomic E-state index is 0.272. The Kier molecular flexibility index (Phi) is 6.46. The molecule has 3 aromatic rings. The molecule has 6 nitrogen and oxygen atoms in total. The molecular weight excluding hydrogens is 388 g/mol. The number of halogens is 1. The van der Waals surface area contributed by atoms with Crippen molar-refractivity contribution in [3.8, 4) is 0 Å². The van der Waals surface area contributed by atoms with E-state index < -0.39 is 0 Å². The third kappa shape index (κ3) is 4.92. The van der Waals surface area contributed by atoms with Gasteiger partial charge in [0, 0.05) is 18.7 Å². The van der Waals surface area contributed by atoms with Gasteiger partial charge in [-0.05, 0) is 30.7 Å². The molecule has 148 valence electrons. The number of para-hydroxylation sites is 1. The van der Waals surface area contributed by atoms with Crippen LogP contribution in [0.1, 0.15) is 27.2 Å². The average Bonchev–Trinajstić information content (AvgIpc) is 2.99. The Balaban J connectivity index is 1.75. The first-order valence-corrected chi connectivity index (χ1v) is 9.44. The molecule has 0 bridgehead atoms. The van der Waals surface area contributed by atoms with Gasteiger partial charge < -0.3 is 10.6 Å². The van der Waals surface area contributed by atoms with Crippen LogP contribution in [0.2, 0.25) is 5.15 Å². The summed E-state index contributed by atoms with van der Waals surface area (Å²) in [6.07, 6.45) is 3.01. The molecule has 0 unspecified atom stereocenters. The van der Waals surface area contributed by atoms with Crippen LogP contribution in [-0.4, -0.2) is 28.6 Å². The summed E-state index contributed by atoms with van der Waals surface area (Å²) in [6, 6.07) is 16.7. The molecular formula is C22H21ClN4O2. The molecule has 0 atom stereocenters. The fourth-order valence-corrected chi connectivity index (χ4v) is 3.17. The molecule has 2 N–H and O–H groups in total. The summed E-state index contributed by atoms with van der Waals surface area (Å²) in [6.45, 7) is 2.38. The van der Waals surface area contributed by atoms with E-state index in [0.717, 1.165) is 11.3 Å². The Hall–Kier alpha value is -3.38. The van der Waals surface area contributed by atoms with E-state index in [0.29, 0.717) is 28.5 Å². The number of aromatic nitrogens is 2. The van der Waals surface area contributed by atoms with Crippen LogP contribution in [0.15, 0.2) is 60.7 Å². The zero-order valence-electron chi connectivity index (χ0n) is 16.1. The summed E-state index contributed by atoms with van der Waals surface area (Å²) in [7, 11) is 1.54. The zero-order chi connectivity index (χ0) is 20.8. The van der Waals surface area contributed by atoms with E-state index in [1.54, 1.807) is 42.1 Å². The third-order valence-corrected chi connectivity index (χ3v) is 4.74. The van der Waals surface area contributed by atoms with Crippen LogP contribution in [0.4, 0.5) is 5.69 Å². The molecule has 0 aliphatic heterocycles. The van der Waals surface area contributed by atoms with Crippen LogP contribution in [-0.2, 0) is 11.3 Å². The van der Waals surface area contributed by atoms with E-state index in [-0.39, 0.29) is 11.8 Å². The summed E-state index contributed by atoms with van der Waals surface area (Å²) in [5, 5.41) is 10.2. The lowest BCUT2D eigenvalue weighted by molar-refractivity contribution is -0.111. The Morgan fingerprint density at radius 2 is 1.79 bits per heavy atom. The number of hydrogen-bond acceptors (Lipinski definition) is 3. The van der Waals surface area contributed by atoms with Gasteiger partial charge >= 0.3 is 0 Å². The number of anilines is 1. The highest BCUT2D eigenvalue weighted by Crippen LogP contribution is 2.22. The zero-order valence-corrected chi connectivity index (χ0v) is 16.9. The van der Waals surface area contributed by atoms with Crippen LogP contribution >= 0.6 is 11.6 Å². The van der Waals surface area contributed by atoms with Gasteiger partial charge in [0.1, 0.15) is 5.15 Å². The SMILES string of the molecule is CNC(=O)c1ccccc1NC(=O)/C=C/c1c(C)nn(Cc2ccccc2)c1Cl. The van der Waals surface area contributed by atoms with Crippen molar-refractivity contribution in [1.29, 1.82) is 0 Å². The van der Waals surface area contributed by atoms with Crippen LogP contribution in [0, 0.1) is 6.92 Å². The normalized spacial score (nSPS) is 10.9. The second-order valence-electron chi connectivity index (χ2n) is 6.38. The molecule has 0 fully saturated rings. The van der Waals surface area contributed by atoms with Crippen molar-refractivity contribution in [3.63, 3.8) is 0 Å². The van der Waals surface area contributed by atoms with Gasteiger partial charge in [-0.25, -0.2) is 4.68 Å². The van der Waals surface area contributed by atoms with E-state index in [4.69, 9.17) is 11.6 Å². The number of nitrogens with one attached hydrogen (secondary N) is 2. The highest BCUT2D eigenvalue weighted by Gasteiger charge is 2.13. The predicted molar refractivity (Wildman–Crippen MR) is 115 cm³/mol. The summed E-state index contributed by atoms with van der Waals surface area (Å²) in [5.41, 5.74) is 3.31. The number of benzene rings is 2. The number of amides is 2. The Labute approximate surface area is 174 Å². The fraction of sp³-hybridized carbons (Fsp3) is 0.136. The molecule has 0 radical (unpaired) electrons. The maximum absolute atomic E-state index is 12.4. The van der Waals surface area contributed by atoms with Crippen LogP contribution < -0.4 is 10.6 Å². The van der Waals surface area contributed by atoms with E-state index in [1.807, 2.05) is 37.3 Å². The summed E-state index contributed by atoms with van der Waals surface area (Å²) >= 11 is 6.47. The maximum atomic E-state index is 12.4. The standard InChI is InChI=1S/C22H21ClN4O2/c1-15-17(21(23)27(26-15)14-16-8-4-3-5-9-16)12-13-20(28)25-19-11-7-6-10-18(19)22(29)24-2/h3-13H,14H2,1-2H3,(H,24,29)(H,25,28)/b13-12+. The van der Waals surface area contributed by atoms with Gasteiger partial charge in [0.15, 0.2) is 0 Å². The van der Waals surface area contributed by atoms with Gasteiger partial charge in [0.05, 0.1) is 23.5 Å². The van der Waals surface area contributed by atoms with E-state index in [2.05, 4.69) is 15.7 Å². The monoisotopic (exact) mass is 408 g/mol. The quantitative estimate of drug-likeness (QED) is 0.607. The molecule has 0 saturated heterocycles. The van der Waals surface area contributed by atoms with Crippen LogP contribution in [0.5, 0.6) is 0 Å². The first-order chi connectivity index (χ1) is 14.0. The second kappa shape index (κ2) is 9.21. The molecule has 0 spiro atoms. The maximum Gasteiger partial charge on any atom is 0.253 e. The molecule has 0 saturated carbocycles. The van der Waals surface area contributed by atoms with Gasteiger partial charge in [0.25, 0.3) is 5.91 Å². The van der Waals surface area contributed by atoms with Crippen molar-refractivity contribution in [2.45, 2.75) is 13.5 Å². The Morgan fingerprint density at radius 1 is 1.10 bits per heavy atom. The summed E-state index contributed by atoms with van der Waals surface area (Å²) < 4.78 is 1.70. The summed E-state index contributed by atoms with van der Waals surface area (Å²) in [5.74, 6) is -0.640. The molecule has 2 amide bonds. The van der Waals surface area contributed by atoms with E-state index in [1.165, 1.54) is 6.08 Å². The molecule has 0 aliphatic carbocycles. The molecule has 1 aromatic heterocycles. The minimum atomic E-state index is -0.368. The first kappa shape index (κ1) is 20.4. The average molecular weight is 409 g/mol. The van der Waals surface area contributed by atoms with Gasteiger partial charge in [-0.1, -0.05) is 54.1 Å². The lowest BCUT2D eigenvalue weighted by atomic mass is 10.1. The number of aryl methyl sites for hydroxylation is 1. The largest absolute Gasteiger partial charge is 0.355 e. The number of carbonyl (C=O) groups excluding carboxylic acids is 2. The number of carbonyl (C=O) groups is 2. The molecule has 7 heteroatoms. The minimum Gasteiger partial charge on any atom is -0.355 e. The molecule has 0 aliphatic rings. The lowest BCUT2D eigenvalue weighted by Crippen LogP contribution is -2.20. The second-order valence-corrected chi connectivity index (χ2v) is 6.74. The topological polar surface area (TPSA) is 76.0 Å². The van der Waals surface area contributed by atoms with Crippen molar-refractivity contribution in [2.24, 2.45) is 0 Å². The van der Waals surface area contributed by atoms with Crippen molar-refractivity contribution < 1.29 is 9.59 Å². The highest BCUT2D eigenvalue weighted by molar-refractivity contribution is 6.31. The summed E-state index contributed by atoms with van der Waals surface area (Å²) in [4.78, 5) is 24.3. The highest BCUT2D eigenvalue weighted by atomic mass is 35.5. The van der Waals surface area contributed by atoms with E-state index >= 15 is 0 Å². The predicted octanol–water partition coefficient (Wildman–Crippen LogP) is 3.90. The van der Waals surface area contributed by atoms with Gasteiger partial charge in [-0.15, -0.1) is 0 Å². The van der Waals surface area contributed by atoms with Crippen LogP contribution in [0.25, 0.3) is 6.08 Å². The number of hydrogen-bond donors (Lipinski definition) is 2. The first-order valence-electron chi connectivity index (χ1n) is 9.06. The van der Waals surface area contributed by atoms with Crippen molar-refractivity contribution >= 4 is 35.2 Å². The Bertz CT molecular complexity index is 1060. The van der Waals surface area contributed by atoms with Crippen molar-refractivity contribution in [3.05, 3.63) is 88.2 Å². The van der Waals surface area contributed by atoms with Crippen molar-refractivity contribution in [2.75, 3.05) is 12.4 Å². The Morgan fingerprint density at radius 3 is 2.52 bits per heavy atom. The number of rotatable bonds is 6. The van der Waals surface area contributed by atoms with E-state index in [9.17, 15) is 9.59 Å². The lowest BCUT2D eigenvalue weighted by Gasteiger charge is -2.08. The van der Waals surface area contributed by atoms with Crippen LogP contribution in [0.3, 0.4) is 0 Å². The molecule has 1 heterocycles. The van der Waals surface area contributed by atoms with Gasteiger partial charge in [-0.3, -0.25) is 9.59 Å². The number of nitrogens with zero attached hydrogens (tertiary/aromatic N) is 2. The fourth-order valence-electron chi connectivity index (χ4n) is 2.88. The molecule has 2 aromatic carbocycles. The smallest absolute Gasteiger partial charge is 0.253 e. The van der Waals surface area contributed by atoms with Gasteiger partial charge in [0.2, 0.25) is 5.91 Å². The van der Waals surface area contributed by atoms with Gasteiger partial charge in [-0.2, -0.15) is 5.10 Å². The molecule has 3 rings (SSSR count). The van der Waals surface area contributed by atoms with Crippen molar-refractivity contribution in [1.82, 2.24) is 15.1 Å².